The number of hydrogen-bond acceptors (Lipinski definition) is 5. The molecule has 3 aromatic rings. The Morgan fingerprint density at radius 1 is 1.00 bits per heavy atom. The minimum atomic E-state index is -0.0855. The number of aromatic nitrogens is 3. The van der Waals surface area contributed by atoms with Crippen molar-refractivity contribution in [2.75, 3.05) is 0 Å². The van der Waals surface area contributed by atoms with Crippen molar-refractivity contribution in [2.24, 2.45) is 0 Å². The predicted molar refractivity (Wildman–Crippen MR) is 69.8 cm³/mol. The Balaban J connectivity index is 1.87. The van der Waals surface area contributed by atoms with Gasteiger partial charge in [0.1, 0.15) is 5.75 Å². The van der Waals surface area contributed by atoms with E-state index in [-0.39, 0.29) is 12.6 Å². The second-order valence-corrected chi connectivity index (χ2v) is 4.00. The van der Waals surface area contributed by atoms with Gasteiger partial charge in [-0.2, -0.15) is 0 Å². The fourth-order valence-electron chi connectivity index (χ4n) is 1.69. The van der Waals surface area contributed by atoms with Crippen LogP contribution in [0.5, 0.6) is 11.8 Å². The van der Waals surface area contributed by atoms with Crippen molar-refractivity contribution in [1.82, 2.24) is 15.0 Å². The Hall–Kier alpha value is -2.53. The van der Waals surface area contributed by atoms with Crippen LogP contribution in [0, 0.1) is 0 Å². The molecule has 0 aliphatic rings. The van der Waals surface area contributed by atoms with Gasteiger partial charge in [-0.1, -0.05) is 18.2 Å². The molecule has 0 bridgehead atoms. The molecule has 0 amide bonds. The molecular formula is C14H11N3O2. The Kier molecular flexibility index (Phi) is 3.04. The van der Waals surface area contributed by atoms with E-state index >= 15 is 0 Å². The molecule has 0 aliphatic carbocycles. The first kappa shape index (κ1) is 11.6. The standard InChI is InChI=1S/C14H11N3O2/c18-9-10-6-16-14(17-7-10)19-12-5-11-3-1-2-4-13(11)15-8-12/h1-8,18H,9H2. The average molecular weight is 253 g/mol. The van der Waals surface area contributed by atoms with Gasteiger partial charge < -0.3 is 9.84 Å². The van der Waals surface area contributed by atoms with Crippen LogP contribution in [0.1, 0.15) is 5.56 Å². The minimum Gasteiger partial charge on any atom is -0.423 e. The molecule has 0 saturated carbocycles. The number of pyridine rings is 1. The summed E-state index contributed by atoms with van der Waals surface area (Å²) in [6, 6.07) is 9.89. The number of ether oxygens (including phenoxy) is 1. The van der Waals surface area contributed by atoms with E-state index in [1.165, 1.54) is 12.4 Å². The van der Waals surface area contributed by atoms with E-state index in [9.17, 15) is 0 Å². The lowest BCUT2D eigenvalue weighted by Crippen LogP contribution is -1.94. The van der Waals surface area contributed by atoms with Gasteiger partial charge in [-0.25, -0.2) is 9.97 Å². The first-order valence-corrected chi connectivity index (χ1v) is 5.79. The second kappa shape index (κ2) is 4.99. The molecule has 0 fully saturated rings. The lowest BCUT2D eigenvalue weighted by atomic mass is 10.2. The summed E-state index contributed by atoms with van der Waals surface area (Å²) in [5.74, 6) is 0.579. The molecule has 0 spiro atoms. The van der Waals surface area contributed by atoms with Crippen molar-refractivity contribution >= 4 is 10.9 Å². The maximum absolute atomic E-state index is 8.91. The Bertz CT molecular complexity index is 698. The molecule has 0 saturated heterocycles. The maximum atomic E-state index is 8.91. The number of para-hydroxylation sites is 1. The quantitative estimate of drug-likeness (QED) is 0.775. The first-order chi connectivity index (χ1) is 9.35. The number of fused-ring (bicyclic) bond motifs is 1. The number of aliphatic hydroxyl groups excluding tert-OH is 1. The molecule has 0 unspecified atom stereocenters. The molecule has 19 heavy (non-hydrogen) atoms. The molecule has 2 aromatic heterocycles. The van der Waals surface area contributed by atoms with Crippen molar-refractivity contribution in [1.29, 1.82) is 0 Å². The summed E-state index contributed by atoms with van der Waals surface area (Å²) in [6.45, 7) is -0.0855. The van der Waals surface area contributed by atoms with Crippen LogP contribution in [-0.2, 0) is 6.61 Å². The molecule has 2 heterocycles. The van der Waals surface area contributed by atoms with Gasteiger partial charge in [-0.05, 0) is 12.1 Å². The van der Waals surface area contributed by atoms with Crippen LogP contribution in [0.2, 0.25) is 0 Å². The van der Waals surface area contributed by atoms with Crippen molar-refractivity contribution in [3.8, 4) is 11.8 Å². The highest BCUT2D eigenvalue weighted by Gasteiger charge is 2.02. The maximum Gasteiger partial charge on any atom is 0.321 e. The van der Waals surface area contributed by atoms with E-state index < -0.39 is 0 Å². The summed E-state index contributed by atoms with van der Waals surface area (Å²) < 4.78 is 5.52. The average Bonchev–Trinajstić information content (AvgIpc) is 2.48. The largest absolute Gasteiger partial charge is 0.423 e. The van der Waals surface area contributed by atoms with Crippen LogP contribution in [0.4, 0.5) is 0 Å². The van der Waals surface area contributed by atoms with Gasteiger partial charge in [0, 0.05) is 23.3 Å². The van der Waals surface area contributed by atoms with E-state index in [1.54, 1.807) is 6.20 Å². The predicted octanol–water partition coefficient (Wildman–Crippen LogP) is 2.31. The molecule has 5 nitrogen and oxygen atoms in total. The summed E-state index contributed by atoms with van der Waals surface area (Å²) in [6.07, 6.45) is 4.68. The third kappa shape index (κ3) is 2.51. The number of rotatable bonds is 3. The molecule has 0 aliphatic heterocycles. The number of nitrogens with zero attached hydrogens (tertiary/aromatic N) is 3. The SMILES string of the molecule is OCc1cnc(Oc2cnc3ccccc3c2)nc1. The molecule has 94 valence electrons. The third-order valence-electron chi connectivity index (χ3n) is 2.64. The molecular weight excluding hydrogens is 242 g/mol. The van der Waals surface area contributed by atoms with E-state index in [4.69, 9.17) is 9.84 Å². The van der Waals surface area contributed by atoms with Gasteiger partial charge in [0.15, 0.2) is 0 Å². The second-order valence-electron chi connectivity index (χ2n) is 4.00. The van der Waals surface area contributed by atoms with Crippen LogP contribution in [0.25, 0.3) is 10.9 Å². The first-order valence-electron chi connectivity index (χ1n) is 5.79. The Morgan fingerprint density at radius 2 is 1.79 bits per heavy atom. The van der Waals surface area contributed by atoms with Crippen molar-refractivity contribution in [3.63, 3.8) is 0 Å². The zero-order valence-corrected chi connectivity index (χ0v) is 10.0. The molecule has 1 N–H and O–H groups in total. The highest BCUT2D eigenvalue weighted by atomic mass is 16.5. The normalized spacial score (nSPS) is 10.6. The van der Waals surface area contributed by atoms with Crippen LogP contribution in [0.15, 0.2) is 48.9 Å². The molecule has 0 radical (unpaired) electrons. The van der Waals surface area contributed by atoms with Crippen LogP contribution < -0.4 is 4.74 Å². The monoisotopic (exact) mass is 253 g/mol. The van der Waals surface area contributed by atoms with Gasteiger partial charge in [0.2, 0.25) is 0 Å². The summed E-state index contributed by atoms with van der Waals surface area (Å²) in [7, 11) is 0. The van der Waals surface area contributed by atoms with Crippen LogP contribution in [0.3, 0.4) is 0 Å². The zero-order chi connectivity index (χ0) is 13.1. The van der Waals surface area contributed by atoms with Crippen molar-refractivity contribution in [3.05, 3.63) is 54.5 Å². The fraction of sp³-hybridized carbons (Fsp3) is 0.0714. The summed E-state index contributed by atoms with van der Waals surface area (Å²) >= 11 is 0. The van der Waals surface area contributed by atoms with Crippen LogP contribution in [-0.4, -0.2) is 20.1 Å². The van der Waals surface area contributed by atoms with E-state index in [1.807, 2.05) is 30.3 Å². The Labute approximate surface area is 109 Å². The van der Waals surface area contributed by atoms with Gasteiger partial charge in [-0.3, -0.25) is 4.98 Å². The summed E-state index contributed by atoms with van der Waals surface area (Å²) in [5, 5.41) is 9.90. The lowest BCUT2D eigenvalue weighted by molar-refractivity contribution is 0.280. The number of hydrogen-bond donors (Lipinski definition) is 1. The molecule has 5 heteroatoms. The Morgan fingerprint density at radius 3 is 2.58 bits per heavy atom. The smallest absolute Gasteiger partial charge is 0.321 e. The van der Waals surface area contributed by atoms with Crippen molar-refractivity contribution < 1.29 is 9.84 Å². The van der Waals surface area contributed by atoms with E-state index in [0.717, 1.165) is 10.9 Å². The minimum absolute atomic E-state index is 0.0855. The zero-order valence-electron chi connectivity index (χ0n) is 10.0. The molecule has 0 atom stereocenters. The summed E-state index contributed by atoms with van der Waals surface area (Å²) in [4.78, 5) is 12.3. The number of benzene rings is 1. The van der Waals surface area contributed by atoms with Gasteiger partial charge in [0.05, 0.1) is 18.3 Å². The van der Waals surface area contributed by atoms with Crippen molar-refractivity contribution in [2.45, 2.75) is 6.61 Å². The highest BCUT2D eigenvalue weighted by Crippen LogP contribution is 2.21. The highest BCUT2D eigenvalue weighted by molar-refractivity contribution is 5.79. The van der Waals surface area contributed by atoms with E-state index in [2.05, 4.69) is 15.0 Å². The number of aliphatic hydroxyl groups is 1. The topological polar surface area (TPSA) is 68.1 Å². The third-order valence-corrected chi connectivity index (χ3v) is 2.64. The summed E-state index contributed by atoms with van der Waals surface area (Å²) in [5.41, 5.74) is 1.55. The lowest BCUT2D eigenvalue weighted by Gasteiger charge is -2.04. The molecule has 3 rings (SSSR count). The molecule has 1 aromatic carbocycles. The van der Waals surface area contributed by atoms with Crippen LogP contribution >= 0.6 is 0 Å². The van der Waals surface area contributed by atoms with Gasteiger partial charge >= 0.3 is 6.01 Å². The fourth-order valence-corrected chi connectivity index (χ4v) is 1.69. The van der Waals surface area contributed by atoms with E-state index in [0.29, 0.717) is 11.3 Å². The van der Waals surface area contributed by atoms with Gasteiger partial charge in [0.25, 0.3) is 0 Å². The van der Waals surface area contributed by atoms with Gasteiger partial charge in [-0.15, -0.1) is 0 Å².